The molecule has 0 saturated carbocycles. The third-order valence-corrected chi connectivity index (χ3v) is 3.37. The Labute approximate surface area is 161 Å². The van der Waals surface area contributed by atoms with Crippen LogP contribution < -0.4 is 20.9 Å². The number of anilines is 1. The fraction of sp³-hybridized carbons (Fsp3) is 0.368. The number of unbranched alkanes of at least 4 members (excludes halogenated alkanes) is 2. The van der Waals surface area contributed by atoms with Gasteiger partial charge in [-0.1, -0.05) is 12.1 Å². The predicted molar refractivity (Wildman–Crippen MR) is 108 cm³/mol. The van der Waals surface area contributed by atoms with Crippen LogP contribution in [-0.2, 0) is 16.7 Å². The number of nitrogens with two attached hydrogens (primary N) is 2. The van der Waals surface area contributed by atoms with E-state index in [1.54, 1.807) is 0 Å². The molecule has 5 N–H and O–H groups in total. The van der Waals surface area contributed by atoms with Crippen LogP contribution in [0.4, 0.5) is 5.69 Å². The van der Waals surface area contributed by atoms with Crippen LogP contribution in [0.2, 0.25) is 0 Å². The molecule has 0 spiro atoms. The van der Waals surface area contributed by atoms with Crippen LogP contribution in [0.1, 0.15) is 24.8 Å². The summed E-state index contributed by atoms with van der Waals surface area (Å²) in [6, 6.07) is 15.4. The molecule has 0 fully saturated rings. The van der Waals surface area contributed by atoms with E-state index in [0.717, 1.165) is 55.2 Å². The highest BCUT2D eigenvalue weighted by molar-refractivity contribution is 7.85. The van der Waals surface area contributed by atoms with E-state index in [9.17, 15) is 8.42 Å². The summed E-state index contributed by atoms with van der Waals surface area (Å²) in [7, 11) is -3.67. The van der Waals surface area contributed by atoms with Crippen LogP contribution in [0, 0.1) is 0 Å². The molecule has 7 nitrogen and oxygen atoms in total. The number of rotatable bonds is 9. The van der Waals surface area contributed by atoms with Crippen molar-refractivity contribution in [3.8, 4) is 11.5 Å². The standard InChI is InChI=1S/C18H24N2O2.CH4O3S/c19-14-15-4-8-17(9-5-15)21-12-2-1-3-13-22-18-10-6-16(20)7-11-18;1-5(2,3)4/h4-11H,1-3,12-14,19-20H2;1H3,(H,2,3,4). The van der Waals surface area contributed by atoms with E-state index in [1.165, 1.54) is 0 Å². The summed E-state index contributed by atoms with van der Waals surface area (Å²) in [6.45, 7) is 2.01. The van der Waals surface area contributed by atoms with Gasteiger partial charge in [0, 0.05) is 12.2 Å². The van der Waals surface area contributed by atoms with E-state index >= 15 is 0 Å². The zero-order valence-electron chi connectivity index (χ0n) is 15.5. The molecule has 0 aliphatic rings. The lowest BCUT2D eigenvalue weighted by atomic mass is 10.2. The summed E-state index contributed by atoms with van der Waals surface area (Å²) in [4.78, 5) is 0. The van der Waals surface area contributed by atoms with Crippen LogP contribution >= 0.6 is 0 Å². The molecule has 2 aromatic rings. The molecule has 150 valence electrons. The average Bonchev–Trinajstić information content (AvgIpc) is 2.61. The van der Waals surface area contributed by atoms with E-state index in [0.29, 0.717) is 12.8 Å². The molecule has 0 saturated heterocycles. The van der Waals surface area contributed by atoms with Gasteiger partial charge in [-0.3, -0.25) is 4.55 Å². The maximum Gasteiger partial charge on any atom is 0.261 e. The van der Waals surface area contributed by atoms with Crippen molar-refractivity contribution < 1.29 is 22.4 Å². The van der Waals surface area contributed by atoms with Crippen LogP contribution in [0.5, 0.6) is 11.5 Å². The van der Waals surface area contributed by atoms with E-state index < -0.39 is 10.1 Å². The number of benzene rings is 2. The fourth-order valence-electron chi connectivity index (χ4n) is 2.05. The summed E-state index contributed by atoms with van der Waals surface area (Å²) < 4.78 is 37.2. The molecular weight excluding hydrogens is 368 g/mol. The van der Waals surface area contributed by atoms with Gasteiger partial charge in [0.05, 0.1) is 19.5 Å². The smallest absolute Gasteiger partial charge is 0.261 e. The molecule has 0 bridgehead atoms. The molecule has 8 heteroatoms. The Bertz CT molecular complexity index is 739. The number of hydrogen-bond donors (Lipinski definition) is 3. The van der Waals surface area contributed by atoms with Gasteiger partial charge in [0.2, 0.25) is 0 Å². The Balaban J connectivity index is 0.000000646. The summed E-state index contributed by atoms with van der Waals surface area (Å²) in [5, 5.41) is 0. The van der Waals surface area contributed by atoms with Gasteiger partial charge < -0.3 is 20.9 Å². The van der Waals surface area contributed by atoms with Crippen LogP contribution in [0.15, 0.2) is 48.5 Å². The van der Waals surface area contributed by atoms with Gasteiger partial charge in [0.25, 0.3) is 10.1 Å². The number of hydrogen-bond acceptors (Lipinski definition) is 6. The van der Waals surface area contributed by atoms with E-state index in [1.807, 2.05) is 48.5 Å². The van der Waals surface area contributed by atoms with Gasteiger partial charge in [-0.25, -0.2) is 0 Å². The van der Waals surface area contributed by atoms with Gasteiger partial charge >= 0.3 is 0 Å². The first kappa shape index (κ1) is 22.8. The summed E-state index contributed by atoms with van der Waals surface area (Å²) >= 11 is 0. The molecule has 27 heavy (non-hydrogen) atoms. The summed E-state index contributed by atoms with van der Waals surface area (Å²) in [5.41, 5.74) is 13.1. The number of nitrogen functional groups attached to an aromatic ring is 1. The lowest BCUT2D eigenvalue weighted by Gasteiger charge is -2.08. The Morgan fingerprint density at radius 1 is 0.852 bits per heavy atom. The normalized spacial score (nSPS) is 10.6. The topological polar surface area (TPSA) is 125 Å². The second-order valence-corrected chi connectivity index (χ2v) is 7.37. The first-order valence-electron chi connectivity index (χ1n) is 8.60. The van der Waals surface area contributed by atoms with Gasteiger partial charge in [-0.2, -0.15) is 8.42 Å². The van der Waals surface area contributed by atoms with E-state index in [-0.39, 0.29) is 0 Å². The Hall–Kier alpha value is -2.29. The molecule has 0 heterocycles. The highest BCUT2D eigenvalue weighted by Gasteiger charge is 1.96. The fourth-order valence-corrected chi connectivity index (χ4v) is 2.05. The lowest BCUT2D eigenvalue weighted by Crippen LogP contribution is -2.01. The molecule has 0 aliphatic carbocycles. The minimum absolute atomic E-state index is 0.564. The van der Waals surface area contributed by atoms with Crippen LogP contribution in [0.25, 0.3) is 0 Å². The van der Waals surface area contributed by atoms with Crippen molar-refractivity contribution in [1.29, 1.82) is 0 Å². The van der Waals surface area contributed by atoms with Gasteiger partial charge in [-0.05, 0) is 61.2 Å². The second kappa shape index (κ2) is 12.2. The highest BCUT2D eigenvalue weighted by atomic mass is 32.2. The van der Waals surface area contributed by atoms with Crippen molar-refractivity contribution in [3.63, 3.8) is 0 Å². The van der Waals surface area contributed by atoms with Gasteiger partial charge in [0.15, 0.2) is 0 Å². The Kier molecular flexibility index (Phi) is 10.2. The number of ether oxygens (including phenoxy) is 2. The second-order valence-electron chi connectivity index (χ2n) is 5.91. The van der Waals surface area contributed by atoms with Gasteiger partial charge in [0.1, 0.15) is 11.5 Å². The molecule has 2 rings (SSSR count). The molecule has 0 radical (unpaired) electrons. The minimum atomic E-state index is -3.67. The maximum absolute atomic E-state index is 9.19. The van der Waals surface area contributed by atoms with E-state index in [4.69, 9.17) is 25.5 Å². The molecular formula is C19H28N2O5S. The predicted octanol–water partition coefficient (Wildman–Crippen LogP) is 2.86. The third kappa shape index (κ3) is 12.7. The van der Waals surface area contributed by atoms with Crippen molar-refractivity contribution in [3.05, 3.63) is 54.1 Å². The molecule has 0 aliphatic heterocycles. The van der Waals surface area contributed by atoms with Crippen molar-refractivity contribution in [2.24, 2.45) is 5.73 Å². The summed E-state index contributed by atoms with van der Waals surface area (Å²) in [6.07, 6.45) is 3.83. The summed E-state index contributed by atoms with van der Waals surface area (Å²) in [5.74, 6) is 1.76. The first-order chi connectivity index (χ1) is 12.8. The monoisotopic (exact) mass is 396 g/mol. The minimum Gasteiger partial charge on any atom is -0.494 e. The van der Waals surface area contributed by atoms with Crippen molar-refractivity contribution in [2.75, 3.05) is 25.2 Å². The molecule has 0 amide bonds. The Morgan fingerprint density at radius 3 is 1.67 bits per heavy atom. The molecule has 0 aromatic heterocycles. The lowest BCUT2D eigenvalue weighted by molar-refractivity contribution is 0.279. The molecule has 0 atom stereocenters. The maximum atomic E-state index is 9.19. The average molecular weight is 397 g/mol. The Morgan fingerprint density at radius 2 is 1.26 bits per heavy atom. The highest BCUT2D eigenvalue weighted by Crippen LogP contribution is 2.14. The molecule has 0 unspecified atom stereocenters. The molecule has 2 aromatic carbocycles. The zero-order chi connectivity index (χ0) is 20.1. The van der Waals surface area contributed by atoms with Crippen molar-refractivity contribution in [2.45, 2.75) is 25.8 Å². The SMILES string of the molecule is CS(=O)(=O)O.NCc1ccc(OCCCCCOc2ccc(N)cc2)cc1. The van der Waals surface area contributed by atoms with Crippen molar-refractivity contribution >= 4 is 15.8 Å². The van der Waals surface area contributed by atoms with Gasteiger partial charge in [-0.15, -0.1) is 0 Å². The van der Waals surface area contributed by atoms with Crippen molar-refractivity contribution in [1.82, 2.24) is 0 Å². The van der Waals surface area contributed by atoms with E-state index in [2.05, 4.69) is 0 Å². The van der Waals surface area contributed by atoms with Crippen LogP contribution in [-0.4, -0.2) is 32.4 Å². The quantitative estimate of drug-likeness (QED) is 0.338. The first-order valence-corrected chi connectivity index (χ1v) is 10.5. The zero-order valence-corrected chi connectivity index (χ0v) is 16.3. The van der Waals surface area contributed by atoms with Crippen LogP contribution in [0.3, 0.4) is 0 Å². The largest absolute Gasteiger partial charge is 0.494 e. The third-order valence-electron chi connectivity index (χ3n) is 3.37.